The van der Waals surface area contributed by atoms with E-state index >= 15 is 0 Å². The molecule has 1 amide bonds. The second kappa shape index (κ2) is 10.9. The number of alkyl halides is 3. The highest BCUT2D eigenvalue weighted by atomic mass is 19.4. The zero-order valence-electron chi connectivity index (χ0n) is 17.9. The molecular weight excluding hydrogens is 441 g/mol. The van der Waals surface area contributed by atoms with E-state index in [2.05, 4.69) is 5.32 Å². The van der Waals surface area contributed by atoms with Gasteiger partial charge in [-0.1, -0.05) is 12.1 Å². The van der Waals surface area contributed by atoms with Crippen molar-refractivity contribution in [3.63, 3.8) is 0 Å². The Hall–Kier alpha value is -3.53. The van der Waals surface area contributed by atoms with Gasteiger partial charge in [-0.2, -0.15) is 13.2 Å². The summed E-state index contributed by atoms with van der Waals surface area (Å²) in [6, 6.07) is 10.1. The fraction of sp³-hybridized carbons (Fsp3) is 0.304. The molecule has 0 aromatic heterocycles. The maximum Gasteiger partial charge on any atom is 0.416 e. The van der Waals surface area contributed by atoms with E-state index < -0.39 is 30.2 Å². The molecule has 0 atom stereocenters. The van der Waals surface area contributed by atoms with Gasteiger partial charge in [0.2, 0.25) is 0 Å². The number of nitrogens with one attached hydrogen (secondary N) is 1. The molecule has 1 aliphatic heterocycles. The number of nitrogens with zero attached hydrogens (tertiary/aromatic N) is 1. The highest BCUT2D eigenvalue weighted by molar-refractivity contribution is 5.97. The molecule has 1 aliphatic rings. The zero-order chi connectivity index (χ0) is 23.8. The molecule has 1 fully saturated rings. The third kappa shape index (κ3) is 6.98. The van der Waals surface area contributed by atoms with Crippen molar-refractivity contribution in [2.24, 2.45) is 0 Å². The number of ether oxygens (including phenoxy) is 3. The van der Waals surface area contributed by atoms with Gasteiger partial charge in [0.05, 0.1) is 37.3 Å². The summed E-state index contributed by atoms with van der Waals surface area (Å²) in [6.45, 7) is 1.13. The van der Waals surface area contributed by atoms with E-state index in [1.165, 1.54) is 19.3 Å². The van der Waals surface area contributed by atoms with Gasteiger partial charge in [-0.05, 0) is 42.0 Å². The molecular formula is C23H23F3N2O5. The summed E-state index contributed by atoms with van der Waals surface area (Å²) < 4.78 is 54.8. The summed E-state index contributed by atoms with van der Waals surface area (Å²) in [7, 11) is 1.52. The van der Waals surface area contributed by atoms with Gasteiger partial charge in [0, 0.05) is 19.2 Å². The molecule has 0 aliphatic carbocycles. The van der Waals surface area contributed by atoms with Crippen LogP contribution in [-0.4, -0.2) is 51.9 Å². The first kappa shape index (κ1) is 24.1. The first-order valence-corrected chi connectivity index (χ1v) is 10.1. The number of morpholine rings is 1. The lowest BCUT2D eigenvalue weighted by molar-refractivity contribution is -0.142. The van der Waals surface area contributed by atoms with E-state index in [0.29, 0.717) is 43.3 Å². The van der Waals surface area contributed by atoms with Crippen LogP contribution < -0.4 is 15.0 Å². The van der Waals surface area contributed by atoms with Gasteiger partial charge < -0.3 is 24.4 Å². The standard InChI is InChI=1S/C23H23F3N2O5/c1-31-18-4-2-3-16(13-18)5-8-22(30)33-15-21(29)27-19-14-17(23(24,25)26)6-7-20(19)28-9-11-32-12-10-28/h2-8,13-14H,9-12,15H2,1H3,(H,27,29)/b8-5+. The highest BCUT2D eigenvalue weighted by Crippen LogP contribution is 2.35. The van der Waals surface area contributed by atoms with Gasteiger partial charge in [0.25, 0.3) is 5.91 Å². The molecule has 3 rings (SSSR count). The number of amides is 1. The maximum atomic E-state index is 13.2. The average Bonchev–Trinajstić information content (AvgIpc) is 2.81. The summed E-state index contributed by atoms with van der Waals surface area (Å²) in [5.41, 5.74) is 0.214. The highest BCUT2D eigenvalue weighted by Gasteiger charge is 2.32. The number of halogens is 3. The number of hydrogen-bond donors (Lipinski definition) is 1. The Kier molecular flexibility index (Phi) is 7.94. The number of rotatable bonds is 7. The van der Waals surface area contributed by atoms with Crippen LogP contribution in [0, 0.1) is 0 Å². The number of carbonyl (C=O) groups is 2. The van der Waals surface area contributed by atoms with Crippen LogP contribution in [0.4, 0.5) is 24.5 Å². The van der Waals surface area contributed by atoms with Crippen LogP contribution in [0.15, 0.2) is 48.5 Å². The van der Waals surface area contributed by atoms with E-state index in [-0.39, 0.29) is 5.69 Å². The predicted octanol–water partition coefficient (Wildman–Crippen LogP) is 3.75. The Bertz CT molecular complexity index is 1020. The lowest BCUT2D eigenvalue weighted by atomic mass is 10.1. The molecule has 176 valence electrons. The molecule has 1 heterocycles. The number of anilines is 2. The largest absolute Gasteiger partial charge is 0.497 e. The molecule has 2 aromatic carbocycles. The van der Waals surface area contributed by atoms with Crippen molar-refractivity contribution >= 4 is 29.3 Å². The smallest absolute Gasteiger partial charge is 0.416 e. The van der Waals surface area contributed by atoms with E-state index in [1.807, 2.05) is 4.90 Å². The van der Waals surface area contributed by atoms with Crippen molar-refractivity contribution in [3.8, 4) is 5.75 Å². The lowest BCUT2D eigenvalue weighted by Crippen LogP contribution is -2.37. The van der Waals surface area contributed by atoms with Crippen molar-refractivity contribution in [2.75, 3.05) is 50.2 Å². The monoisotopic (exact) mass is 464 g/mol. The summed E-state index contributed by atoms with van der Waals surface area (Å²) in [5.74, 6) is -0.917. The van der Waals surface area contributed by atoms with Gasteiger partial charge in [-0.3, -0.25) is 4.79 Å². The SMILES string of the molecule is COc1cccc(/C=C/C(=O)OCC(=O)Nc2cc(C(F)(F)F)ccc2N2CCOCC2)c1. The molecule has 0 saturated carbocycles. The van der Waals surface area contributed by atoms with Gasteiger partial charge in [0.1, 0.15) is 5.75 Å². The molecule has 0 spiro atoms. The van der Waals surface area contributed by atoms with Crippen molar-refractivity contribution in [1.82, 2.24) is 0 Å². The predicted molar refractivity (Wildman–Crippen MR) is 116 cm³/mol. The van der Waals surface area contributed by atoms with Gasteiger partial charge in [0.15, 0.2) is 6.61 Å². The Labute approximate surface area is 188 Å². The lowest BCUT2D eigenvalue weighted by Gasteiger charge is -2.31. The molecule has 1 N–H and O–H groups in total. The van der Waals surface area contributed by atoms with Crippen LogP contribution in [0.2, 0.25) is 0 Å². The zero-order valence-corrected chi connectivity index (χ0v) is 17.9. The third-order valence-electron chi connectivity index (χ3n) is 4.80. The van der Waals surface area contributed by atoms with Crippen LogP contribution in [0.3, 0.4) is 0 Å². The molecule has 0 radical (unpaired) electrons. The third-order valence-corrected chi connectivity index (χ3v) is 4.80. The first-order chi connectivity index (χ1) is 15.8. The number of hydrogen-bond acceptors (Lipinski definition) is 6. The number of methoxy groups -OCH3 is 1. The normalized spacial score (nSPS) is 14.2. The van der Waals surface area contributed by atoms with Gasteiger partial charge >= 0.3 is 12.1 Å². The minimum Gasteiger partial charge on any atom is -0.497 e. The Morgan fingerprint density at radius 1 is 1.15 bits per heavy atom. The van der Waals surface area contributed by atoms with Gasteiger partial charge in [-0.15, -0.1) is 0 Å². The van der Waals surface area contributed by atoms with Crippen LogP contribution in [0.25, 0.3) is 6.08 Å². The van der Waals surface area contributed by atoms with E-state index in [1.54, 1.807) is 24.3 Å². The molecule has 0 bridgehead atoms. The second-order valence-electron chi connectivity index (χ2n) is 7.09. The quantitative estimate of drug-likeness (QED) is 0.497. The fourth-order valence-corrected chi connectivity index (χ4v) is 3.17. The van der Waals surface area contributed by atoms with Crippen molar-refractivity contribution in [3.05, 3.63) is 59.7 Å². The number of carbonyl (C=O) groups excluding carboxylic acids is 2. The van der Waals surface area contributed by atoms with E-state index in [4.69, 9.17) is 14.2 Å². The van der Waals surface area contributed by atoms with E-state index in [9.17, 15) is 22.8 Å². The molecule has 10 heteroatoms. The molecule has 1 saturated heterocycles. The number of benzene rings is 2. The fourth-order valence-electron chi connectivity index (χ4n) is 3.17. The van der Waals surface area contributed by atoms with E-state index in [0.717, 1.165) is 18.2 Å². The maximum absolute atomic E-state index is 13.2. The molecule has 0 unspecified atom stereocenters. The Morgan fingerprint density at radius 2 is 1.91 bits per heavy atom. The summed E-state index contributed by atoms with van der Waals surface area (Å²) in [6.07, 6.45) is -1.93. The van der Waals surface area contributed by atoms with Crippen molar-refractivity contribution < 1.29 is 37.0 Å². The topological polar surface area (TPSA) is 77.1 Å². The van der Waals surface area contributed by atoms with Gasteiger partial charge in [-0.25, -0.2) is 4.79 Å². The number of esters is 1. The van der Waals surface area contributed by atoms with Crippen molar-refractivity contribution in [2.45, 2.75) is 6.18 Å². The average molecular weight is 464 g/mol. The molecule has 7 nitrogen and oxygen atoms in total. The minimum absolute atomic E-state index is 0.0142. The summed E-state index contributed by atoms with van der Waals surface area (Å²) in [4.78, 5) is 26.1. The second-order valence-corrected chi connectivity index (χ2v) is 7.09. The van der Waals surface area contributed by atoms with Crippen LogP contribution in [0.1, 0.15) is 11.1 Å². The van der Waals surface area contributed by atoms with Crippen LogP contribution in [-0.2, 0) is 25.2 Å². The summed E-state index contributed by atoms with van der Waals surface area (Å²) >= 11 is 0. The molecule has 33 heavy (non-hydrogen) atoms. The van der Waals surface area contributed by atoms with Crippen LogP contribution >= 0.6 is 0 Å². The Balaban J connectivity index is 1.64. The first-order valence-electron chi connectivity index (χ1n) is 10.1. The summed E-state index contributed by atoms with van der Waals surface area (Å²) in [5, 5.41) is 2.43. The molecule has 2 aromatic rings. The van der Waals surface area contributed by atoms with Crippen LogP contribution in [0.5, 0.6) is 5.75 Å². The Morgan fingerprint density at radius 3 is 2.61 bits per heavy atom. The minimum atomic E-state index is -4.57. The van der Waals surface area contributed by atoms with Crippen molar-refractivity contribution in [1.29, 1.82) is 0 Å².